The van der Waals surface area contributed by atoms with Crippen molar-refractivity contribution in [2.24, 2.45) is 0 Å². The molecule has 0 atom stereocenters. The van der Waals surface area contributed by atoms with E-state index in [2.05, 4.69) is 10.6 Å². The number of anilines is 2. The van der Waals surface area contributed by atoms with E-state index in [1.54, 1.807) is 54.6 Å². The number of nitrogens with zero attached hydrogens (tertiary/aromatic N) is 1. The van der Waals surface area contributed by atoms with Crippen molar-refractivity contribution in [3.63, 3.8) is 0 Å². The third-order valence-electron chi connectivity index (χ3n) is 5.07. The molecule has 0 aromatic heterocycles. The van der Waals surface area contributed by atoms with Crippen molar-refractivity contribution in [3.05, 3.63) is 95.1 Å². The number of nitrogens with one attached hydrogen (secondary N) is 2. The van der Waals surface area contributed by atoms with E-state index in [9.17, 15) is 18.0 Å². The summed E-state index contributed by atoms with van der Waals surface area (Å²) in [6.07, 6.45) is 1.17. The Hall–Kier alpha value is -3.65. The van der Waals surface area contributed by atoms with Crippen molar-refractivity contribution in [3.8, 4) is 0 Å². The predicted octanol–water partition coefficient (Wildman–Crippen LogP) is 4.35. The molecule has 0 aliphatic rings. The fourth-order valence-corrected chi connectivity index (χ4v) is 4.32. The first-order chi connectivity index (χ1) is 16.0. The molecular weight excluding hydrogens is 450 g/mol. The maximum Gasteiger partial charge on any atom is 0.255 e. The lowest BCUT2D eigenvalue weighted by Gasteiger charge is -2.23. The summed E-state index contributed by atoms with van der Waals surface area (Å²) in [6.45, 7) is 5.78. The van der Waals surface area contributed by atoms with Crippen LogP contribution in [-0.2, 0) is 16.6 Å². The maximum absolute atomic E-state index is 12.8. The Balaban J connectivity index is 1.77. The van der Waals surface area contributed by atoms with Gasteiger partial charge in [0.05, 0.1) is 29.7 Å². The number of rotatable bonds is 8. The van der Waals surface area contributed by atoms with Gasteiger partial charge in [-0.1, -0.05) is 36.4 Å². The van der Waals surface area contributed by atoms with Gasteiger partial charge in [0.15, 0.2) is 0 Å². The largest absolute Gasteiger partial charge is 0.350 e. The second-order valence-corrected chi connectivity index (χ2v) is 10.3. The smallest absolute Gasteiger partial charge is 0.255 e. The molecule has 0 spiro atoms. The third-order valence-corrected chi connectivity index (χ3v) is 6.21. The zero-order chi connectivity index (χ0) is 24.9. The lowest BCUT2D eigenvalue weighted by Crippen LogP contribution is -2.31. The van der Waals surface area contributed by atoms with Gasteiger partial charge in [-0.05, 0) is 68.3 Å². The Morgan fingerprint density at radius 2 is 1.59 bits per heavy atom. The van der Waals surface area contributed by atoms with Gasteiger partial charge in [-0.25, -0.2) is 8.42 Å². The van der Waals surface area contributed by atoms with Gasteiger partial charge >= 0.3 is 0 Å². The summed E-state index contributed by atoms with van der Waals surface area (Å²) in [5, 5.41) is 5.61. The molecule has 0 fully saturated rings. The van der Waals surface area contributed by atoms with E-state index < -0.39 is 10.0 Å². The molecule has 7 nitrogen and oxygen atoms in total. The van der Waals surface area contributed by atoms with Crippen molar-refractivity contribution >= 4 is 33.2 Å². The Bertz CT molecular complexity index is 1290. The number of amides is 2. The van der Waals surface area contributed by atoms with E-state index >= 15 is 0 Å². The SMILES string of the molecule is Cc1cccc(N(Cc2ccc(C(=O)Nc3ccccc3C(=O)NC(C)C)cc2)S(C)(=O)=O)c1. The first-order valence-corrected chi connectivity index (χ1v) is 12.7. The Morgan fingerprint density at radius 1 is 0.912 bits per heavy atom. The number of benzene rings is 3. The van der Waals surface area contributed by atoms with Gasteiger partial charge in [-0.2, -0.15) is 0 Å². The number of carbonyl (C=O) groups is 2. The van der Waals surface area contributed by atoms with E-state index in [0.29, 0.717) is 22.5 Å². The van der Waals surface area contributed by atoms with Crippen molar-refractivity contribution in [1.82, 2.24) is 5.32 Å². The van der Waals surface area contributed by atoms with Crippen LogP contribution in [-0.4, -0.2) is 32.5 Å². The zero-order valence-corrected chi connectivity index (χ0v) is 20.5. The van der Waals surface area contributed by atoms with Crippen LogP contribution in [0.2, 0.25) is 0 Å². The highest BCUT2D eigenvalue weighted by atomic mass is 32.2. The van der Waals surface area contributed by atoms with E-state index in [1.165, 1.54) is 10.6 Å². The van der Waals surface area contributed by atoms with Gasteiger partial charge in [-0.3, -0.25) is 13.9 Å². The molecule has 3 aromatic rings. The second-order valence-electron chi connectivity index (χ2n) is 8.43. The Labute approximate surface area is 200 Å². The summed E-state index contributed by atoms with van der Waals surface area (Å²) in [5.74, 6) is -0.631. The lowest BCUT2D eigenvalue weighted by molar-refractivity contribution is 0.0944. The maximum atomic E-state index is 12.8. The van der Waals surface area contributed by atoms with E-state index in [1.807, 2.05) is 39.0 Å². The van der Waals surface area contributed by atoms with Crippen LogP contribution in [0.25, 0.3) is 0 Å². The third kappa shape index (κ3) is 6.45. The van der Waals surface area contributed by atoms with Crippen LogP contribution < -0.4 is 14.9 Å². The molecule has 0 saturated heterocycles. The van der Waals surface area contributed by atoms with Crippen LogP contribution in [0.4, 0.5) is 11.4 Å². The van der Waals surface area contributed by atoms with Gasteiger partial charge < -0.3 is 10.6 Å². The molecule has 0 unspecified atom stereocenters. The number of para-hydroxylation sites is 1. The average molecular weight is 480 g/mol. The molecule has 0 aliphatic carbocycles. The normalized spacial score (nSPS) is 11.2. The molecule has 0 bridgehead atoms. The van der Waals surface area contributed by atoms with Crippen LogP contribution in [0.1, 0.15) is 45.7 Å². The second kappa shape index (κ2) is 10.5. The summed E-state index contributed by atoms with van der Waals surface area (Å²) < 4.78 is 26.1. The number of carbonyl (C=O) groups excluding carboxylic acids is 2. The van der Waals surface area contributed by atoms with Gasteiger partial charge in [0, 0.05) is 11.6 Å². The Morgan fingerprint density at radius 3 is 2.21 bits per heavy atom. The summed E-state index contributed by atoms with van der Waals surface area (Å²) in [6, 6.07) is 20.8. The van der Waals surface area contributed by atoms with Crippen LogP contribution in [0.15, 0.2) is 72.8 Å². The molecular formula is C26H29N3O4S. The number of hydrogen-bond donors (Lipinski definition) is 2. The summed E-state index contributed by atoms with van der Waals surface area (Å²) in [4.78, 5) is 25.3. The summed E-state index contributed by atoms with van der Waals surface area (Å²) in [5.41, 5.74) is 3.46. The number of hydrogen-bond acceptors (Lipinski definition) is 4. The lowest BCUT2D eigenvalue weighted by atomic mass is 10.1. The molecule has 0 heterocycles. The quantitative estimate of drug-likeness (QED) is 0.502. The molecule has 178 valence electrons. The van der Waals surface area contributed by atoms with Crippen LogP contribution in [0, 0.1) is 6.92 Å². The highest BCUT2D eigenvalue weighted by Gasteiger charge is 2.19. The molecule has 8 heteroatoms. The van der Waals surface area contributed by atoms with E-state index in [-0.39, 0.29) is 24.4 Å². The fraction of sp³-hybridized carbons (Fsp3) is 0.231. The average Bonchev–Trinajstić information content (AvgIpc) is 2.77. The summed E-state index contributed by atoms with van der Waals surface area (Å²) >= 11 is 0. The zero-order valence-electron chi connectivity index (χ0n) is 19.7. The molecule has 34 heavy (non-hydrogen) atoms. The molecule has 0 aliphatic heterocycles. The van der Waals surface area contributed by atoms with Gasteiger partial charge in [0.1, 0.15) is 0 Å². The standard InChI is InChI=1S/C26H29N3O4S/c1-18(2)27-26(31)23-10-5-6-11-24(23)28-25(30)21-14-12-20(13-15-21)17-29(34(4,32)33)22-9-7-8-19(3)16-22/h5-16,18H,17H2,1-4H3,(H,27,31)(H,28,30). The van der Waals surface area contributed by atoms with Crippen molar-refractivity contribution in [1.29, 1.82) is 0 Å². The van der Waals surface area contributed by atoms with Gasteiger partial charge in [-0.15, -0.1) is 0 Å². The first kappa shape index (κ1) is 25.0. The predicted molar refractivity (Wildman–Crippen MR) is 136 cm³/mol. The van der Waals surface area contributed by atoms with Crippen LogP contribution >= 0.6 is 0 Å². The van der Waals surface area contributed by atoms with Crippen molar-refractivity contribution in [2.45, 2.75) is 33.4 Å². The molecule has 2 amide bonds. The minimum absolute atomic E-state index is 0.0323. The monoisotopic (exact) mass is 479 g/mol. The van der Waals surface area contributed by atoms with Crippen molar-refractivity contribution < 1.29 is 18.0 Å². The topological polar surface area (TPSA) is 95.6 Å². The highest BCUT2D eigenvalue weighted by Crippen LogP contribution is 2.22. The fourth-order valence-electron chi connectivity index (χ4n) is 3.44. The summed E-state index contributed by atoms with van der Waals surface area (Å²) in [7, 11) is -3.51. The van der Waals surface area contributed by atoms with Crippen molar-refractivity contribution in [2.75, 3.05) is 15.9 Å². The number of sulfonamides is 1. The van der Waals surface area contributed by atoms with Gasteiger partial charge in [0.25, 0.3) is 11.8 Å². The number of aryl methyl sites for hydroxylation is 1. The molecule has 3 aromatic carbocycles. The van der Waals surface area contributed by atoms with Crippen LogP contribution in [0.3, 0.4) is 0 Å². The molecule has 2 N–H and O–H groups in total. The highest BCUT2D eigenvalue weighted by molar-refractivity contribution is 7.92. The molecule has 0 saturated carbocycles. The Kier molecular flexibility index (Phi) is 7.73. The van der Waals surface area contributed by atoms with Gasteiger partial charge in [0.2, 0.25) is 10.0 Å². The first-order valence-electron chi connectivity index (χ1n) is 10.9. The van der Waals surface area contributed by atoms with E-state index in [0.717, 1.165) is 11.1 Å². The minimum Gasteiger partial charge on any atom is -0.350 e. The molecule has 3 rings (SSSR count). The molecule has 0 radical (unpaired) electrons. The van der Waals surface area contributed by atoms with Crippen LogP contribution in [0.5, 0.6) is 0 Å². The van der Waals surface area contributed by atoms with E-state index in [4.69, 9.17) is 0 Å². The minimum atomic E-state index is -3.51.